The first kappa shape index (κ1) is 30.6. The third kappa shape index (κ3) is 10.3. The van der Waals surface area contributed by atoms with Crippen LogP contribution in [0.15, 0.2) is 115 Å². The minimum absolute atomic E-state index is 0.0130. The normalized spacial score (nSPS) is 12.4. The summed E-state index contributed by atoms with van der Waals surface area (Å²) in [5.41, 5.74) is 5.96. The molecule has 0 radical (unpaired) electrons. The highest BCUT2D eigenvalue weighted by Crippen LogP contribution is 2.62. The fraction of sp³-hybridized carbons (Fsp3) is 0.0741. The first-order valence-corrected chi connectivity index (χ1v) is 14.6. The first-order chi connectivity index (χ1) is 19.1. The number of phosphoric acid groups is 2. The van der Waals surface area contributed by atoms with Crippen molar-refractivity contribution in [3.05, 3.63) is 126 Å². The molecule has 4 aromatic carbocycles. The molecule has 0 bridgehead atoms. The van der Waals surface area contributed by atoms with E-state index in [0.29, 0.717) is 11.1 Å². The number of aliphatic hydroxyl groups is 2. The van der Waals surface area contributed by atoms with Crippen LogP contribution in [0.4, 0.5) is 0 Å². The van der Waals surface area contributed by atoms with Crippen molar-refractivity contribution in [2.45, 2.75) is 12.7 Å². The molecule has 0 saturated heterocycles. The lowest BCUT2D eigenvalue weighted by atomic mass is 10.0. The number of hydrogen-bond acceptors (Lipinski definition) is 9. The van der Waals surface area contributed by atoms with E-state index in [9.17, 15) is 18.8 Å². The molecular weight excluding hydrogens is 560 g/mol. The maximum absolute atomic E-state index is 13.1. The molecule has 13 heteroatoms. The van der Waals surface area contributed by atoms with E-state index in [-0.39, 0.29) is 23.7 Å². The highest BCUT2D eigenvalue weighted by molar-refractivity contribution is 7.62. The Morgan fingerprint density at radius 3 is 1.50 bits per heavy atom. The number of nitrogens with two attached hydrogens (primary N) is 1. The van der Waals surface area contributed by atoms with Gasteiger partial charge < -0.3 is 29.5 Å². The molecule has 0 fully saturated rings. The molecule has 1 unspecified atom stereocenters. The average Bonchev–Trinajstić information content (AvgIpc) is 2.90. The third-order valence-electron chi connectivity index (χ3n) is 4.77. The van der Waals surface area contributed by atoms with Crippen molar-refractivity contribution in [3.63, 3.8) is 0 Å². The Kier molecular flexibility index (Phi) is 11.0. The molecule has 0 aliphatic carbocycles. The van der Waals surface area contributed by atoms with Crippen LogP contribution in [-0.4, -0.2) is 27.3 Å². The molecule has 0 aliphatic rings. The summed E-state index contributed by atoms with van der Waals surface area (Å²) in [4.78, 5) is 20.9. The third-order valence-corrected chi connectivity index (χ3v) is 7.71. The minimum atomic E-state index is -4.82. The molecule has 4 rings (SSSR count). The quantitative estimate of drug-likeness (QED) is 0.137. The summed E-state index contributed by atoms with van der Waals surface area (Å²) >= 11 is 0. The lowest BCUT2D eigenvalue weighted by Gasteiger charge is -2.21. The van der Waals surface area contributed by atoms with Gasteiger partial charge in [-0.3, -0.25) is 9.69 Å². The number of aliphatic hydroxyl groups excluding tert-OH is 1. The molecule has 210 valence electrons. The molecule has 1 amide bonds. The highest BCUT2D eigenvalue weighted by Gasteiger charge is 2.42. The first-order valence-electron chi connectivity index (χ1n) is 11.7. The Balaban J connectivity index is 0.000000285. The van der Waals surface area contributed by atoms with Crippen LogP contribution in [0.2, 0.25) is 0 Å². The number of carbonyl (C=O) groups is 1. The van der Waals surface area contributed by atoms with E-state index in [1.807, 2.05) is 0 Å². The molecule has 11 nitrogen and oxygen atoms in total. The van der Waals surface area contributed by atoms with Crippen LogP contribution in [0.3, 0.4) is 0 Å². The molecule has 0 aromatic heterocycles. The molecule has 0 aliphatic heterocycles. The van der Waals surface area contributed by atoms with Gasteiger partial charge in [-0.1, -0.05) is 72.8 Å². The molecule has 1 atom stereocenters. The van der Waals surface area contributed by atoms with E-state index in [1.54, 1.807) is 78.9 Å². The number of benzene rings is 4. The molecular formula is C27H27NO10P2. The van der Waals surface area contributed by atoms with Crippen molar-refractivity contribution < 1.29 is 46.9 Å². The summed E-state index contributed by atoms with van der Waals surface area (Å²) < 4.78 is 45.8. The van der Waals surface area contributed by atoms with E-state index < -0.39 is 27.8 Å². The Bertz CT molecular complexity index is 1410. The summed E-state index contributed by atoms with van der Waals surface area (Å²) in [6.45, 7) is 0. The Labute approximate surface area is 230 Å². The van der Waals surface area contributed by atoms with Crippen LogP contribution in [0.5, 0.6) is 17.2 Å². The second-order valence-corrected chi connectivity index (χ2v) is 10.9. The number of para-hydroxylation sites is 3. The largest absolute Gasteiger partial charge is 0.597 e. The lowest BCUT2D eigenvalue weighted by Crippen LogP contribution is -2.17. The minimum Gasteiger partial charge on any atom is -0.404 e. The van der Waals surface area contributed by atoms with Gasteiger partial charge in [0, 0.05) is 12.0 Å². The molecule has 5 N–H and O–H groups in total. The predicted octanol–water partition coefficient (Wildman–Crippen LogP) is 5.09. The van der Waals surface area contributed by atoms with Gasteiger partial charge >= 0.3 is 15.6 Å². The number of amides is 1. The summed E-state index contributed by atoms with van der Waals surface area (Å²) in [5, 5.41) is 17.4. The van der Waals surface area contributed by atoms with E-state index in [1.165, 1.54) is 36.4 Å². The van der Waals surface area contributed by atoms with Gasteiger partial charge in [-0.15, -0.1) is 0 Å². The fourth-order valence-electron chi connectivity index (χ4n) is 3.17. The zero-order valence-electron chi connectivity index (χ0n) is 20.9. The average molecular weight is 587 g/mol. The monoisotopic (exact) mass is 587 g/mol. The topological polar surface area (TPSA) is 175 Å². The highest BCUT2D eigenvalue weighted by atomic mass is 31.3. The van der Waals surface area contributed by atoms with Crippen LogP contribution in [0, 0.1) is 0 Å². The smallest absolute Gasteiger partial charge is 0.404 e. The van der Waals surface area contributed by atoms with Crippen molar-refractivity contribution >= 4 is 21.6 Å². The van der Waals surface area contributed by atoms with Crippen LogP contribution in [0.25, 0.3) is 0 Å². The number of primary amides is 1. The van der Waals surface area contributed by atoms with Gasteiger partial charge in [0.2, 0.25) is 5.91 Å². The number of phosphoric ester groups is 2. The predicted molar refractivity (Wildman–Crippen MR) is 147 cm³/mol. The summed E-state index contributed by atoms with van der Waals surface area (Å²) in [6.07, 6.45) is -1.44. The fourth-order valence-corrected chi connectivity index (χ4v) is 5.76. The van der Waals surface area contributed by atoms with Crippen LogP contribution >= 0.6 is 15.6 Å². The maximum atomic E-state index is 13.1. The molecule has 4 aromatic rings. The van der Waals surface area contributed by atoms with E-state index in [4.69, 9.17) is 33.8 Å². The van der Waals surface area contributed by atoms with Crippen LogP contribution in [-0.2, 0) is 19.9 Å². The number of hydrogen-bond donors (Lipinski definition) is 4. The van der Waals surface area contributed by atoms with Gasteiger partial charge in [-0.05, 0) is 48.0 Å². The summed E-state index contributed by atoms with van der Waals surface area (Å²) in [5.74, 6) is -0.224. The van der Waals surface area contributed by atoms with Crippen LogP contribution in [0.1, 0.15) is 15.9 Å². The van der Waals surface area contributed by atoms with Crippen LogP contribution < -0.4 is 19.3 Å². The summed E-state index contributed by atoms with van der Waals surface area (Å²) in [7, 11) is -9.38. The van der Waals surface area contributed by atoms with Gasteiger partial charge in [0.15, 0.2) is 6.29 Å². The molecule has 40 heavy (non-hydrogen) atoms. The number of rotatable bonds is 11. The molecule has 0 spiro atoms. The Morgan fingerprint density at radius 2 is 1.07 bits per heavy atom. The Morgan fingerprint density at radius 1 is 0.675 bits per heavy atom. The van der Waals surface area contributed by atoms with E-state index in [0.717, 1.165) is 0 Å². The summed E-state index contributed by atoms with van der Waals surface area (Å²) in [6, 6.07) is 30.4. The van der Waals surface area contributed by atoms with Gasteiger partial charge in [-0.2, -0.15) is 4.31 Å². The zero-order valence-corrected chi connectivity index (χ0v) is 22.7. The van der Waals surface area contributed by atoms with Gasteiger partial charge in [-0.25, -0.2) is 9.13 Å². The van der Waals surface area contributed by atoms with Crippen molar-refractivity contribution in [3.8, 4) is 17.2 Å². The second-order valence-electron chi connectivity index (χ2n) is 7.92. The molecule has 0 saturated carbocycles. The van der Waals surface area contributed by atoms with Gasteiger partial charge in [0.1, 0.15) is 17.2 Å². The SMILES string of the molecule is NC(=O)c1ccccc1CC(O)O.O=P(O)(Oc1ccccc1)OP(=O)(Oc1ccccc1)Oc1ccccc1. The molecule has 0 heterocycles. The van der Waals surface area contributed by atoms with E-state index >= 15 is 0 Å². The van der Waals surface area contributed by atoms with Gasteiger partial charge in [0.25, 0.3) is 0 Å². The van der Waals surface area contributed by atoms with Crippen molar-refractivity contribution in [2.75, 3.05) is 0 Å². The van der Waals surface area contributed by atoms with Gasteiger partial charge in [0.05, 0.1) is 0 Å². The maximum Gasteiger partial charge on any atom is 0.597 e. The van der Waals surface area contributed by atoms with Crippen molar-refractivity contribution in [1.29, 1.82) is 0 Å². The van der Waals surface area contributed by atoms with Crippen molar-refractivity contribution in [2.24, 2.45) is 5.73 Å². The van der Waals surface area contributed by atoms with Crippen molar-refractivity contribution in [1.82, 2.24) is 0 Å². The standard InChI is InChI=1S/C18H16O7P2.C9H11NO3/c19-26(20,22-16-10-4-1-5-11-16)25-27(21,23-17-12-6-2-7-13-17)24-18-14-8-3-9-15-18;10-9(13)7-4-2-1-3-6(7)5-8(11)12/h1-15H,(H,19,20);1-4,8,11-12H,5H2,(H2,10,13). The zero-order chi connectivity index (χ0) is 29.0. The van der Waals surface area contributed by atoms with E-state index in [2.05, 4.69) is 0 Å². The number of carbonyl (C=O) groups excluding carboxylic acids is 1. The second kappa shape index (κ2) is 14.4. The lowest BCUT2D eigenvalue weighted by molar-refractivity contribution is -0.0382. The Hall–Kier alpha value is -3.95.